The van der Waals surface area contributed by atoms with Gasteiger partial charge >= 0.3 is 0 Å². The molecule has 0 aliphatic rings. The van der Waals surface area contributed by atoms with Gasteiger partial charge in [-0.15, -0.1) is 0 Å². The van der Waals surface area contributed by atoms with Gasteiger partial charge in [-0.05, 0) is 36.4 Å². The highest BCUT2D eigenvalue weighted by molar-refractivity contribution is 9.10. The minimum absolute atomic E-state index is 1.13. The quantitative estimate of drug-likeness (QED) is 0.444. The molecule has 0 bridgehead atoms. The summed E-state index contributed by atoms with van der Waals surface area (Å²) in [5, 5.41) is 2.65. The van der Waals surface area contributed by atoms with Gasteiger partial charge in [-0.2, -0.15) is 0 Å². The molecule has 1 nitrogen and oxygen atoms in total. The van der Waals surface area contributed by atoms with Crippen molar-refractivity contribution in [2.45, 2.75) is 19.6 Å². The molecule has 3 rings (SSSR count). The first-order valence-electron chi connectivity index (χ1n) is 6.27. The van der Waals surface area contributed by atoms with E-state index < -0.39 is 8.24 Å². The number of fused-ring (bicyclic) bond motifs is 3. The third-order valence-electron chi connectivity index (χ3n) is 3.36. The van der Waals surface area contributed by atoms with Crippen LogP contribution < -0.4 is 0 Å². The maximum Gasteiger partial charge on any atom is 0.153 e. The van der Waals surface area contributed by atoms with Crippen molar-refractivity contribution in [3.05, 3.63) is 45.3 Å². The third-order valence-corrected chi connectivity index (χ3v) is 6.17. The van der Waals surface area contributed by atoms with E-state index in [2.05, 4.69) is 92.1 Å². The maximum absolute atomic E-state index is 3.59. The van der Waals surface area contributed by atoms with E-state index in [0.29, 0.717) is 0 Å². The van der Waals surface area contributed by atoms with Crippen molar-refractivity contribution < 1.29 is 0 Å². The number of rotatable bonds is 1. The summed E-state index contributed by atoms with van der Waals surface area (Å²) in [5.74, 6) is 0. The standard InChI is InChI=1S/C15H15Br2NSi/c1-19(2,3)18-14-6-4-10(16)8-12(14)13-9-11(17)5-7-15(13)18/h4-9H,1-3H3. The molecule has 1 aromatic heterocycles. The van der Waals surface area contributed by atoms with E-state index in [1.807, 2.05) is 0 Å². The average Bonchev–Trinajstić information content (AvgIpc) is 2.62. The lowest BCUT2D eigenvalue weighted by molar-refractivity contribution is 1.25. The zero-order valence-corrected chi connectivity index (χ0v) is 15.3. The monoisotopic (exact) mass is 395 g/mol. The number of nitrogens with zero attached hydrogens (tertiary/aromatic N) is 1. The molecule has 0 fully saturated rings. The smallest absolute Gasteiger partial charge is 0.153 e. The Bertz CT molecular complexity index is 725. The van der Waals surface area contributed by atoms with E-state index >= 15 is 0 Å². The van der Waals surface area contributed by atoms with Gasteiger partial charge in [0, 0.05) is 30.8 Å². The van der Waals surface area contributed by atoms with Crippen molar-refractivity contribution >= 4 is 61.9 Å². The van der Waals surface area contributed by atoms with Gasteiger partial charge in [-0.25, -0.2) is 0 Å². The fraction of sp³-hybridized carbons (Fsp3) is 0.200. The normalized spacial score (nSPS) is 12.5. The van der Waals surface area contributed by atoms with Crippen LogP contribution in [-0.2, 0) is 0 Å². The number of hydrogen-bond donors (Lipinski definition) is 0. The predicted octanol–water partition coefficient (Wildman–Crippen LogP) is 6.00. The van der Waals surface area contributed by atoms with Crippen LogP contribution in [0.25, 0.3) is 21.8 Å². The number of hydrogen-bond acceptors (Lipinski definition) is 0. The second-order valence-corrected chi connectivity index (χ2v) is 12.4. The SMILES string of the molecule is C[Si](C)(C)n1c2ccc(Br)cc2c2cc(Br)ccc21. The second-order valence-electron chi connectivity index (χ2n) is 5.83. The van der Waals surface area contributed by atoms with Gasteiger partial charge in [0.25, 0.3) is 0 Å². The lowest BCUT2D eigenvalue weighted by atomic mass is 10.2. The summed E-state index contributed by atoms with van der Waals surface area (Å²) in [4.78, 5) is 0. The zero-order chi connectivity index (χ0) is 13.8. The molecule has 0 radical (unpaired) electrons. The van der Waals surface area contributed by atoms with Crippen molar-refractivity contribution in [3.8, 4) is 0 Å². The topological polar surface area (TPSA) is 4.93 Å². The lowest BCUT2D eigenvalue weighted by Crippen LogP contribution is -2.31. The van der Waals surface area contributed by atoms with Gasteiger partial charge in [0.05, 0.1) is 0 Å². The molecular weight excluding hydrogens is 382 g/mol. The number of aromatic nitrogens is 1. The zero-order valence-electron chi connectivity index (χ0n) is 11.2. The van der Waals surface area contributed by atoms with Crippen LogP contribution in [0.1, 0.15) is 0 Å². The van der Waals surface area contributed by atoms with E-state index in [0.717, 1.165) is 8.95 Å². The Labute approximate surface area is 131 Å². The molecule has 3 aromatic rings. The molecule has 98 valence electrons. The molecule has 4 heteroatoms. The Morgan fingerprint density at radius 3 is 1.58 bits per heavy atom. The summed E-state index contributed by atoms with van der Waals surface area (Å²) >= 11 is 7.17. The first-order chi connectivity index (χ1) is 8.88. The molecule has 0 saturated heterocycles. The maximum atomic E-state index is 3.59. The largest absolute Gasteiger partial charge is 0.368 e. The molecule has 0 amide bonds. The highest BCUT2D eigenvalue weighted by Crippen LogP contribution is 2.34. The van der Waals surface area contributed by atoms with Crippen LogP contribution in [0.4, 0.5) is 0 Å². The summed E-state index contributed by atoms with van der Waals surface area (Å²) in [6.07, 6.45) is 0. The summed E-state index contributed by atoms with van der Waals surface area (Å²) in [6.45, 7) is 7.15. The van der Waals surface area contributed by atoms with Gasteiger partial charge in [0.1, 0.15) is 0 Å². The Kier molecular flexibility index (Phi) is 3.15. The Morgan fingerprint density at radius 2 is 1.21 bits per heavy atom. The van der Waals surface area contributed by atoms with Gasteiger partial charge < -0.3 is 4.23 Å². The van der Waals surface area contributed by atoms with E-state index in [9.17, 15) is 0 Å². The van der Waals surface area contributed by atoms with E-state index in [-0.39, 0.29) is 0 Å². The van der Waals surface area contributed by atoms with E-state index in [4.69, 9.17) is 0 Å². The Morgan fingerprint density at radius 1 is 0.789 bits per heavy atom. The molecule has 1 heterocycles. The molecule has 0 unspecified atom stereocenters. The third kappa shape index (κ3) is 2.20. The minimum Gasteiger partial charge on any atom is -0.368 e. The van der Waals surface area contributed by atoms with Crippen LogP contribution in [0.2, 0.25) is 19.6 Å². The Balaban J connectivity index is 2.58. The summed E-state index contributed by atoms with van der Waals surface area (Å²) < 4.78 is 4.82. The van der Waals surface area contributed by atoms with Crippen LogP contribution in [0.3, 0.4) is 0 Å². The first-order valence-corrected chi connectivity index (χ1v) is 11.3. The fourth-order valence-electron chi connectivity index (χ4n) is 2.69. The van der Waals surface area contributed by atoms with Gasteiger partial charge in [-0.3, -0.25) is 0 Å². The molecular formula is C15H15Br2NSi. The minimum atomic E-state index is -1.46. The molecule has 0 aliphatic carbocycles. The molecule has 0 saturated carbocycles. The van der Waals surface area contributed by atoms with Crippen LogP contribution in [0.15, 0.2) is 45.3 Å². The van der Waals surface area contributed by atoms with Crippen LogP contribution in [-0.4, -0.2) is 12.5 Å². The molecule has 0 aliphatic heterocycles. The van der Waals surface area contributed by atoms with Crippen molar-refractivity contribution in [1.82, 2.24) is 4.23 Å². The number of halogens is 2. The summed E-state index contributed by atoms with van der Waals surface area (Å²) in [6, 6.07) is 13.2. The van der Waals surface area contributed by atoms with Crippen LogP contribution in [0, 0.1) is 0 Å². The van der Waals surface area contributed by atoms with Gasteiger partial charge in [-0.1, -0.05) is 51.5 Å². The Hall–Kier alpha value is -0.583. The van der Waals surface area contributed by atoms with Crippen molar-refractivity contribution in [2.24, 2.45) is 0 Å². The van der Waals surface area contributed by atoms with Gasteiger partial charge in [0.2, 0.25) is 0 Å². The summed E-state index contributed by atoms with van der Waals surface area (Å²) in [7, 11) is -1.46. The highest BCUT2D eigenvalue weighted by Gasteiger charge is 2.22. The molecule has 0 N–H and O–H groups in total. The average molecular weight is 397 g/mol. The summed E-state index contributed by atoms with van der Waals surface area (Å²) in [5.41, 5.74) is 2.69. The highest BCUT2D eigenvalue weighted by atomic mass is 79.9. The van der Waals surface area contributed by atoms with Gasteiger partial charge in [0.15, 0.2) is 8.24 Å². The van der Waals surface area contributed by atoms with Crippen molar-refractivity contribution in [3.63, 3.8) is 0 Å². The molecule has 2 aromatic carbocycles. The van der Waals surface area contributed by atoms with Crippen molar-refractivity contribution in [1.29, 1.82) is 0 Å². The van der Waals surface area contributed by atoms with E-state index in [1.165, 1.54) is 21.8 Å². The van der Waals surface area contributed by atoms with E-state index in [1.54, 1.807) is 0 Å². The molecule has 19 heavy (non-hydrogen) atoms. The first kappa shape index (κ1) is 13.4. The van der Waals surface area contributed by atoms with Crippen molar-refractivity contribution in [2.75, 3.05) is 0 Å². The fourth-order valence-corrected chi connectivity index (χ4v) is 5.25. The predicted molar refractivity (Wildman–Crippen MR) is 93.6 cm³/mol. The lowest BCUT2D eigenvalue weighted by Gasteiger charge is -2.21. The number of benzene rings is 2. The van der Waals surface area contributed by atoms with Crippen LogP contribution >= 0.6 is 31.9 Å². The van der Waals surface area contributed by atoms with Crippen LogP contribution in [0.5, 0.6) is 0 Å². The molecule has 0 atom stereocenters. The second kappa shape index (κ2) is 4.47. The molecule has 0 spiro atoms.